The van der Waals surface area contributed by atoms with E-state index in [2.05, 4.69) is 10.5 Å². The van der Waals surface area contributed by atoms with Gasteiger partial charge in [0.15, 0.2) is 5.84 Å². The van der Waals surface area contributed by atoms with Crippen molar-refractivity contribution in [3.63, 3.8) is 0 Å². The largest absolute Gasteiger partial charge is 0.409 e. The molecule has 0 aromatic heterocycles. The Kier molecular flexibility index (Phi) is 4.92. The fraction of sp³-hybridized carbons (Fsp3) is 0.500. The van der Waals surface area contributed by atoms with Crippen molar-refractivity contribution >= 4 is 5.84 Å². The molecule has 0 radical (unpaired) electrons. The van der Waals surface area contributed by atoms with Crippen molar-refractivity contribution in [2.24, 2.45) is 10.9 Å². The van der Waals surface area contributed by atoms with Gasteiger partial charge in [-0.3, -0.25) is 0 Å². The van der Waals surface area contributed by atoms with Crippen LogP contribution in [0, 0.1) is 5.82 Å². The number of nitrogens with one attached hydrogen (secondary N) is 1. The van der Waals surface area contributed by atoms with Crippen molar-refractivity contribution in [3.05, 3.63) is 35.1 Å². The summed E-state index contributed by atoms with van der Waals surface area (Å²) in [6.07, 6.45) is 2.23. The van der Waals surface area contributed by atoms with E-state index in [-0.39, 0.29) is 11.4 Å². The lowest BCUT2D eigenvalue weighted by Gasteiger charge is -2.35. The molecule has 0 bridgehead atoms. The second-order valence-corrected chi connectivity index (χ2v) is 4.89. The van der Waals surface area contributed by atoms with Gasteiger partial charge in [-0.2, -0.15) is 0 Å². The molecule has 0 unspecified atom stereocenters. The maximum absolute atomic E-state index is 14.1. The molecule has 5 nitrogen and oxygen atoms in total. The number of hydrogen-bond donors (Lipinski definition) is 3. The number of nitrogens with zero attached hydrogens (tertiary/aromatic N) is 1. The van der Waals surface area contributed by atoms with E-state index in [1.165, 1.54) is 6.07 Å². The van der Waals surface area contributed by atoms with Gasteiger partial charge >= 0.3 is 0 Å². The minimum atomic E-state index is -0.448. The highest BCUT2D eigenvalue weighted by molar-refractivity contribution is 5.97. The lowest BCUT2D eigenvalue weighted by Crippen LogP contribution is -2.45. The summed E-state index contributed by atoms with van der Waals surface area (Å²) in [5, 5.41) is 14.7. The summed E-state index contributed by atoms with van der Waals surface area (Å²) >= 11 is 0. The molecule has 0 spiro atoms. The van der Waals surface area contributed by atoms with Crippen LogP contribution in [0.2, 0.25) is 0 Å². The summed E-state index contributed by atoms with van der Waals surface area (Å²) in [7, 11) is 0. The SMILES string of the molecule is CCOC1CC(NCc2cccc(/C(N)=N/O)c2F)C1. The van der Waals surface area contributed by atoms with Crippen molar-refractivity contribution in [3.8, 4) is 0 Å². The second kappa shape index (κ2) is 6.67. The van der Waals surface area contributed by atoms with Crippen LogP contribution in [-0.4, -0.2) is 29.8 Å². The van der Waals surface area contributed by atoms with Crippen LogP contribution in [0.3, 0.4) is 0 Å². The highest BCUT2D eigenvalue weighted by atomic mass is 19.1. The number of rotatable bonds is 6. The Morgan fingerprint density at radius 3 is 2.95 bits per heavy atom. The Labute approximate surface area is 117 Å². The Balaban J connectivity index is 1.91. The Bertz CT molecular complexity index is 487. The molecule has 1 aliphatic carbocycles. The molecule has 110 valence electrons. The molecule has 0 heterocycles. The first-order chi connectivity index (χ1) is 9.65. The zero-order valence-corrected chi connectivity index (χ0v) is 11.5. The third kappa shape index (κ3) is 3.26. The van der Waals surface area contributed by atoms with E-state index in [9.17, 15) is 4.39 Å². The Morgan fingerprint density at radius 2 is 2.30 bits per heavy atom. The van der Waals surface area contributed by atoms with Crippen LogP contribution in [0.1, 0.15) is 30.9 Å². The monoisotopic (exact) mass is 281 g/mol. The number of halogens is 1. The highest BCUT2D eigenvalue weighted by Gasteiger charge is 2.29. The van der Waals surface area contributed by atoms with Crippen LogP contribution in [0.4, 0.5) is 4.39 Å². The lowest BCUT2D eigenvalue weighted by molar-refractivity contribution is -0.0102. The predicted molar refractivity (Wildman–Crippen MR) is 74.2 cm³/mol. The maximum atomic E-state index is 14.1. The molecule has 1 fully saturated rings. The van der Waals surface area contributed by atoms with E-state index in [0.717, 1.165) is 19.4 Å². The molecular weight excluding hydrogens is 261 g/mol. The van der Waals surface area contributed by atoms with Crippen LogP contribution in [-0.2, 0) is 11.3 Å². The second-order valence-electron chi connectivity index (χ2n) is 4.89. The smallest absolute Gasteiger partial charge is 0.173 e. The minimum Gasteiger partial charge on any atom is -0.409 e. The number of nitrogens with two attached hydrogens (primary N) is 1. The summed E-state index contributed by atoms with van der Waals surface area (Å²) in [5.41, 5.74) is 6.06. The van der Waals surface area contributed by atoms with Gasteiger partial charge in [-0.05, 0) is 25.8 Å². The summed E-state index contributed by atoms with van der Waals surface area (Å²) in [6.45, 7) is 3.13. The summed E-state index contributed by atoms with van der Waals surface area (Å²) < 4.78 is 19.6. The van der Waals surface area contributed by atoms with E-state index in [1.807, 2.05) is 6.92 Å². The molecule has 1 aliphatic rings. The van der Waals surface area contributed by atoms with Gasteiger partial charge in [-0.25, -0.2) is 4.39 Å². The summed E-state index contributed by atoms with van der Waals surface area (Å²) in [4.78, 5) is 0. The van der Waals surface area contributed by atoms with E-state index >= 15 is 0 Å². The molecule has 0 aliphatic heterocycles. The lowest BCUT2D eigenvalue weighted by atomic mass is 9.89. The van der Waals surface area contributed by atoms with Gasteiger partial charge in [-0.15, -0.1) is 0 Å². The zero-order chi connectivity index (χ0) is 14.5. The van der Waals surface area contributed by atoms with Crippen LogP contribution in [0.15, 0.2) is 23.4 Å². The number of hydrogen-bond acceptors (Lipinski definition) is 4. The van der Waals surface area contributed by atoms with Crippen LogP contribution < -0.4 is 11.1 Å². The first-order valence-electron chi connectivity index (χ1n) is 6.76. The fourth-order valence-electron chi connectivity index (χ4n) is 2.33. The van der Waals surface area contributed by atoms with E-state index < -0.39 is 5.82 Å². The molecule has 0 amide bonds. The molecule has 4 N–H and O–H groups in total. The van der Waals surface area contributed by atoms with Crippen LogP contribution in [0.5, 0.6) is 0 Å². The number of benzene rings is 1. The number of amidine groups is 1. The van der Waals surface area contributed by atoms with Gasteiger partial charge in [-0.1, -0.05) is 17.3 Å². The average molecular weight is 281 g/mol. The predicted octanol–water partition coefficient (Wildman–Crippen LogP) is 1.58. The first-order valence-corrected chi connectivity index (χ1v) is 6.76. The fourth-order valence-corrected chi connectivity index (χ4v) is 2.33. The maximum Gasteiger partial charge on any atom is 0.173 e. The summed E-state index contributed by atoms with van der Waals surface area (Å²) in [5.74, 6) is -0.666. The first kappa shape index (κ1) is 14.7. The number of oxime groups is 1. The van der Waals surface area contributed by atoms with Crippen LogP contribution >= 0.6 is 0 Å². The average Bonchev–Trinajstić information content (AvgIpc) is 2.41. The molecule has 0 atom stereocenters. The van der Waals surface area contributed by atoms with Gasteiger partial charge in [0, 0.05) is 24.8 Å². The van der Waals surface area contributed by atoms with Gasteiger partial charge in [0.1, 0.15) is 5.82 Å². The molecular formula is C14H20FN3O2. The van der Waals surface area contributed by atoms with Gasteiger partial charge in [0.25, 0.3) is 0 Å². The van der Waals surface area contributed by atoms with Gasteiger partial charge < -0.3 is 21.0 Å². The van der Waals surface area contributed by atoms with Crippen molar-refractivity contribution in [1.29, 1.82) is 0 Å². The molecule has 20 heavy (non-hydrogen) atoms. The van der Waals surface area contributed by atoms with Gasteiger partial charge in [0.05, 0.1) is 11.7 Å². The van der Waals surface area contributed by atoms with Gasteiger partial charge in [0.2, 0.25) is 0 Å². The molecule has 2 rings (SSSR count). The highest BCUT2D eigenvalue weighted by Crippen LogP contribution is 2.24. The quantitative estimate of drug-likeness (QED) is 0.320. The van der Waals surface area contributed by atoms with Crippen molar-refractivity contribution in [2.75, 3.05) is 6.61 Å². The Hall–Kier alpha value is -1.66. The number of ether oxygens (including phenoxy) is 1. The van der Waals surface area contributed by atoms with Crippen molar-refractivity contribution < 1.29 is 14.3 Å². The normalized spacial score (nSPS) is 22.6. The molecule has 1 saturated carbocycles. The van der Waals surface area contributed by atoms with Crippen molar-refractivity contribution in [1.82, 2.24) is 5.32 Å². The standard InChI is InChI=1S/C14H20FN3O2/c1-2-20-11-6-10(7-11)17-8-9-4-3-5-12(13(9)15)14(16)18-19/h3-5,10-11,17,19H,2,6-8H2,1H3,(H2,16,18). The molecule has 0 saturated heterocycles. The van der Waals surface area contributed by atoms with Crippen molar-refractivity contribution in [2.45, 2.75) is 38.5 Å². The summed E-state index contributed by atoms with van der Waals surface area (Å²) in [6, 6.07) is 5.23. The molecule has 6 heteroatoms. The third-order valence-electron chi connectivity index (χ3n) is 3.54. The molecule has 1 aromatic rings. The van der Waals surface area contributed by atoms with E-state index in [1.54, 1.807) is 12.1 Å². The third-order valence-corrected chi connectivity index (χ3v) is 3.54. The minimum absolute atomic E-state index is 0.118. The van der Waals surface area contributed by atoms with Crippen LogP contribution in [0.25, 0.3) is 0 Å². The van der Waals surface area contributed by atoms with E-state index in [4.69, 9.17) is 15.7 Å². The topological polar surface area (TPSA) is 79.9 Å². The zero-order valence-electron chi connectivity index (χ0n) is 11.5. The Morgan fingerprint density at radius 1 is 1.55 bits per heavy atom. The van der Waals surface area contributed by atoms with E-state index in [0.29, 0.717) is 24.3 Å². The molecule has 1 aromatic carbocycles.